The van der Waals surface area contributed by atoms with Crippen molar-refractivity contribution < 1.29 is 9.53 Å². The van der Waals surface area contributed by atoms with E-state index in [2.05, 4.69) is 27.2 Å². The average Bonchev–Trinajstić information content (AvgIpc) is 2.97. The Morgan fingerprint density at radius 3 is 2.80 bits per heavy atom. The molecule has 0 bridgehead atoms. The van der Waals surface area contributed by atoms with E-state index in [1.54, 1.807) is 0 Å². The lowest BCUT2D eigenvalue weighted by Crippen LogP contribution is -2.24. The lowest BCUT2D eigenvalue weighted by Gasteiger charge is -2.18. The summed E-state index contributed by atoms with van der Waals surface area (Å²) in [5.74, 6) is 0.649. The molecule has 2 aromatic rings. The first-order valence-electron chi connectivity index (χ1n) is 6.75. The number of carbonyl (C=O) groups is 1. The number of rotatable bonds is 2. The Hall–Kier alpha value is -2.17. The molecule has 1 atom stereocenters. The number of aromatic nitrogens is 2. The number of methoxy groups -OCH3 is 1. The summed E-state index contributed by atoms with van der Waals surface area (Å²) in [5, 5.41) is 10.8. The highest BCUT2D eigenvalue weighted by atomic mass is 16.5. The highest BCUT2D eigenvalue weighted by molar-refractivity contribution is 5.93. The van der Waals surface area contributed by atoms with Crippen molar-refractivity contribution in [3.05, 3.63) is 30.0 Å². The minimum atomic E-state index is -0.142. The van der Waals surface area contributed by atoms with Gasteiger partial charge >= 0.3 is 5.97 Å². The molecule has 0 N–H and O–H groups in total. The van der Waals surface area contributed by atoms with Gasteiger partial charge in [-0.1, -0.05) is 24.3 Å². The van der Waals surface area contributed by atoms with Crippen LogP contribution in [0.1, 0.15) is 12.1 Å². The highest BCUT2D eigenvalue weighted by Gasteiger charge is 2.30. The number of ether oxygens (including phenoxy) is 1. The molecule has 1 fully saturated rings. The van der Waals surface area contributed by atoms with E-state index in [0.29, 0.717) is 6.54 Å². The van der Waals surface area contributed by atoms with E-state index >= 15 is 0 Å². The summed E-state index contributed by atoms with van der Waals surface area (Å²) in [6.45, 7) is 3.41. The normalized spacial score (nSPS) is 18.5. The van der Waals surface area contributed by atoms with Crippen molar-refractivity contribution >= 4 is 22.6 Å². The maximum absolute atomic E-state index is 11.6. The summed E-state index contributed by atoms with van der Waals surface area (Å²) in [6.07, 6.45) is 0.802. The van der Waals surface area contributed by atoms with E-state index in [4.69, 9.17) is 4.74 Å². The van der Waals surface area contributed by atoms with E-state index in [1.807, 2.05) is 19.1 Å². The van der Waals surface area contributed by atoms with Crippen molar-refractivity contribution in [1.29, 1.82) is 0 Å². The molecule has 0 amide bonds. The number of hydrogen-bond donors (Lipinski definition) is 0. The van der Waals surface area contributed by atoms with Crippen LogP contribution in [0.15, 0.2) is 24.3 Å². The van der Waals surface area contributed by atoms with Crippen LogP contribution in [0.2, 0.25) is 0 Å². The van der Waals surface area contributed by atoms with Crippen molar-refractivity contribution in [3.63, 3.8) is 0 Å². The fourth-order valence-corrected chi connectivity index (χ4v) is 2.77. The van der Waals surface area contributed by atoms with Gasteiger partial charge in [0.2, 0.25) is 0 Å². The van der Waals surface area contributed by atoms with Gasteiger partial charge in [-0.3, -0.25) is 4.79 Å². The third-order valence-electron chi connectivity index (χ3n) is 3.87. The first-order valence-corrected chi connectivity index (χ1v) is 6.75. The Morgan fingerprint density at radius 1 is 1.30 bits per heavy atom. The van der Waals surface area contributed by atoms with Crippen molar-refractivity contribution in [1.82, 2.24) is 10.2 Å². The van der Waals surface area contributed by atoms with Crippen molar-refractivity contribution in [2.45, 2.75) is 13.3 Å². The second-order valence-electron chi connectivity index (χ2n) is 5.11. The summed E-state index contributed by atoms with van der Waals surface area (Å²) >= 11 is 0. The maximum Gasteiger partial charge on any atom is 0.310 e. The van der Waals surface area contributed by atoms with Crippen LogP contribution in [0.4, 0.5) is 5.82 Å². The quantitative estimate of drug-likeness (QED) is 0.781. The lowest BCUT2D eigenvalue weighted by atomic mass is 10.1. The van der Waals surface area contributed by atoms with E-state index in [1.165, 1.54) is 7.11 Å². The maximum atomic E-state index is 11.6. The topological polar surface area (TPSA) is 55.3 Å². The van der Waals surface area contributed by atoms with Crippen LogP contribution in [0, 0.1) is 12.8 Å². The number of nitrogens with zero attached hydrogens (tertiary/aromatic N) is 3. The summed E-state index contributed by atoms with van der Waals surface area (Å²) in [5.41, 5.74) is 0.924. The zero-order valence-corrected chi connectivity index (χ0v) is 11.7. The number of aryl methyl sites for hydroxylation is 1. The number of anilines is 1. The van der Waals surface area contributed by atoms with Crippen LogP contribution in [0.5, 0.6) is 0 Å². The second kappa shape index (κ2) is 5.07. The van der Waals surface area contributed by atoms with E-state index in [0.717, 1.165) is 35.2 Å². The van der Waals surface area contributed by atoms with Crippen molar-refractivity contribution in [2.24, 2.45) is 5.92 Å². The van der Waals surface area contributed by atoms with Crippen LogP contribution in [0.3, 0.4) is 0 Å². The zero-order valence-electron chi connectivity index (χ0n) is 11.7. The summed E-state index contributed by atoms with van der Waals surface area (Å²) in [6, 6.07) is 8.11. The van der Waals surface area contributed by atoms with Crippen LogP contribution in [-0.4, -0.2) is 36.4 Å². The van der Waals surface area contributed by atoms with Crippen molar-refractivity contribution in [3.8, 4) is 0 Å². The Balaban J connectivity index is 1.96. The molecule has 1 aliphatic rings. The molecule has 1 aromatic carbocycles. The van der Waals surface area contributed by atoms with Crippen molar-refractivity contribution in [2.75, 3.05) is 25.1 Å². The van der Waals surface area contributed by atoms with Gasteiger partial charge in [0.25, 0.3) is 0 Å². The van der Waals surface area contributed by atoms with Crippen LogP contribution in [0.25, 0.3) is 10.8 Å². The standard InChI is InChI=1S/C15H17N3O2/c1-10-12-5-3-4-6-13(12)14(17-16-10)18-8-7-11(9-18)15(19)20-2/h3-6,11H,7-9H2,1-2H3. The van der Waals surface area contributed by atoms with Gasteiger partial charge in [-0.05, 0) is 13.3 Å². The van der Waals surface area contributed by atoms with Gasteiger partial charge in [-0.2, -0.15) is 5.10 Å². The highest BCUT2D eigenvalue weighted by Crippen LogP contribution is 2.29. The fourth-order valence-electron chi connectivity index (χ4n) is 2.77. The molecule has 3 rings (SSSR count). The molecule has 5 heteroatoms. The predicted octanol–water partition coefficient (Wildman–Crippen LogP) is 1.94. The summed E-state index contributed by atoms with van der Waals surface area (Å²) < 4.78 is 4.82. The van der Waals surface area contributed by atoms with E-state index < -0.39 is 0 Å². The molecule has 0 aliphatic carbocycles. The van der Waals surface area contributed by atoms with E-state index in [9.17, 15) is 4.79 Å². The molecular formula is C15H17N3O2. The third kappa shape index (κ3) is 2.09. The number of carbonyl (C=O) groups excluding carboxylic acids is 1. The number of hydrogen-bond acceptors (Lipinski definition) is 5. The molecule has 2 heterocycles. The average molecular weight is 271 g/mol. The minimum absolute atomic E-state index is 0.0677. The monoisotopic (exact) mass is 271 g/mol. The molecule has 1 aromatic heterocycles. The zero-order chi connectivity index (χ0) is 14.1. The molecule has 0 radical (unpaired) electrons. The first-order chi connectivity index (χ1) is 9.70. The Kier molecular flexibility index (Phi) is 3.26. The Labute approximate surface area is 117 Å². The third-order valence-corrected chi connectivity index (χ3v) is 3.87. The first kappa shape index (κ1) is 12.8. The van der Waals surface area contributed by atoms with E-state index in [-0.39, 0.29) is 11.9 Å². The largest absolute Gasteiger partial charge is 0.469 e. The molecule has 1 saturated heterocycles. The molecule has 1 unspecified atom stereocenters. The van der Waals surface area contributed by atoms with Gasteiger partial charge < -0.3 is 9.64 Å². The molecular weight excluding hydrogens is 254 g/mol. The fraction of sp³-hybridized carbons (Fsp3) is 0.400. The molecule has 0 spiro atoms. The molecule has 1 aliphatic heterocycles. The number of esters is 1. The molecule has 0 saturated carbocycles. The van der Waals surface area contributed by atoms with Crippen LogP contribution >= 0.6 is 0 Å². The molecule has 20 heavy (non-hydrogen) atoms. The number of benzene rings is 1. The van der Waals surface area contributed by atoms with Gasteiger partial charge in [0.15, 0.2) is 5.82 Å². The minimum Gasteiger partial charge on any atom is -0.469 e. The SMILES string of the molecule is COC(=O)C1CCN(c2nnc(C)c3ccccc23)C1. The van der Waals surface area contributed by atoms with Gasteiger partial charge in [0.05, 0.1) is 18.7 Å². The lowest BCUT2D eigenvalue weighted by molar-refractivity contribution is -0.144. The van der Waals surface area contributed by atoms with Crippen LogP contribution in [-0.2, 0) is 9.53 Å². The van der Waals surface area contributed by atoms with Gasteiger partial charge in [0, 0.05) is 23.9 Å². The number of fused-ring (bicyclic) bond motifs is 1. The predicted molar refractivity (Wildman–Crippen MR) is 76.6 cm³/mol. The van der Waals surface area contributed by atoms with Gasteiger partial charge in [-0.25, -0.2) is 0 Å². The molecule has 5 nitrogen and oxygen atoms in total. The second-order valence-corrected chi connectivity index (χ2v) is 5.11. The Morgan fingerprint density at radius 2 is 2.05 bits per heavy atom. The summed E-state index contributed by atoms with van der Waals surface area (Å²) in [7, 11) is 1.44. The molecule has 104 valence electrons. The smallest absolute Gasteiger partial charge is 0.310 e. The van der Waals surface area contributed by atoms with Gasteiger partial charge in [0.1, 0.15) is 0 Å². The van der Waals surface area contributed by atoms with Gasteiger partial charge in [-0.15, -0.1) is 5.10 Å². The Bertz CT molecular complexity index is 657. The summed E-state index contributed by atoms with van der Waals surface area (Å²) in [4.78, 5) is 13.7. The van der Waals surface area contributed by atoms with Crippen LogP contribution < -0.4 is 4.90 Å².